The summed E-state index contributed by atoms with van der Waals surface area (Å²) in [6.45, 7) is -2.85. The number of alkyl halides is 2. The van der Waals surface area contributed by atoms with Crippen LogP contribution in [0.1, 0.15) is 12.8 Å². The first kappa shape index (κ1) is 14.0. The molecule has 1 heterocycles. The second kappa shape index (κ2) is 5.73. The summed E-state index contributed by atoms with van der Waals surface area (Å²) in [4.78, 5) is 0. The molecule has 1 saturated heterocycles. The molecule has 0 aromatic heterocycles. The second-order valence-corrected chi connectivity index (χ2v) is 6.78. The van der Waals surface area contributed by atoms with Gasteiger partial charge >= 0.3 is 6.61 Å². The third-order valence-electron chi connectivity index (χ3n) is 2.98. The monoisotopic (exact) mass is 291 g/mol. The molecule has 19 heavy (non-hydrogen) atoms. The van der Waals surface area contributed by atoms with Gasteiger partial charge in [-0.05, 0) is 25.0 Å². The maximum Gasteiger partial charge on any atom is 0.387 e. The Balaban J connectivity index is 1.96. The lowest BCUT2D eigenvalue weighted by Gasteiger charge is -2.24. The Kier molecular flexibility index (Phi) is 4.24. The van der Waals surface area contributed by atoms with Crippen LogP contribution in [-0.2, 0) is 9.84 Å². The van der Waals surface area contributed by atoms with Crippen LogP contribution in [0, 0.1) is 0 Å². The molecule has 0 unspecified atom stereocenters. The summed E-state index contributed by atoms with van der Waals surface area (Å²) >= 11 is 0. The number of anilines is 1. The molecule has 0 radical (unpaired) electrons. The molecule has 0 spiro atoms. The fourth-order valence-electron chi connectivity index (χ4n) is 2.03. The van der Waals surface area contributed by atoms with Gasteiger partial charge in [0, 0.05) is 17.8 Å². The van der Waals surface area contributed by atoms with E-state index in [4.69, 9.17) is 0 Å². The standard InChI is InChI=1S/C12H15F2NO3S/c13-12(14)18-11-3-1-2-10(8-11)15-9-4-6-19(16,17)7-5-9/h1-3,8-9,12,15H,4-7H2. The Bertz CT molecular complexity index is 520. The lowest BCUT2D eigenvalue weighted by Crippen LogP contribution is -2.32. The SMILES string of the molecule is O=S1(=O)CCC(Nc2cccc(OC(F)F)c2)CC1. The van der Waals surface area contributed by atoms with Gasteiger partial charge < -0.3 is 10.1 Å². The van der Waals surface area contributed by atoms with Gasteiger partial charge in [0.15, 0.2) is 0 Å². The number of hydrogen-bond donors (Lipinski definition) is 1. The number of ether oxygens (including phenoxy) is 1. The molecular weight excluding hydrogens is 276 g/mol. The fraction of sp³-hybridized carbons (Fsp3) is 0.500. The van der Waals surface area contributed by atoms with Crippen LogP contribution in [0.25, 0.3) is 0 Å². The van der Waals surface area contributed by atoms with Gasteiger partial charge in [0.05, 0.1) is 11.5 Å². The van der Waals surface area contributed by atoms with Gasteiger partial charge in [0.1, 0.15) is 15.6 Å². The first-order valence-corrected chi connectivity index (χ1v) is 7.78. The number of sulfone groups is 1. The highest BCUT2D eigenvalue weighted by molar-refractivity contribution is 7.91. The first-order chi connectivity index (χ1) is 8.94. The van der Waals surface area contributed by atoms with E-state index in [2.05, 4.69) is 10.1 Å². The Morgan fingerprint density at radius 1 is 1.26 bits per heavy atom. The van der Waals surface area contributed by atoms with Crippen molar-refractivity contribution in [3.63, 3.8) is 0 Å². The molecule has 0 bridgehead atoms. The molecule has 7 heteroatoms. The minimum atomic E-state index is -2.90. The lowest BCUT2D eigenvalue weighted by atomic mass is 10.1. The highest BCUT2D eigenvalue weighted by Gasteiger charge is 2.23. The van der Waals surface area contributed by atoms with Gasteiger partial charge in [-0.15, -0.1) is 0 Å². The topological polar surface area (TPSA) is 55.4 Å². The summed E-state index contributed by atoms with van der Waals surface area (Å²) in [6.07, 6.45) is 1.06. The lowest BCUT2D eigenvalue weighted by molar-refractivity contribution is -0.0498. The van der Waals surface area contributed by atoms with Gasteiger partial charge in [-0.25, -0.2) is 8.42 Å². The zero-order valence-electron chi connectivity index (χ0n) is 10.2. The fourth-order valence-corrected chi connectivity index (χ4v) is 3.52. The van der Waals surface area contributed by atoms with Crippen molar-refractivity contribution in [2.45, 2.75) is 25.5 Å². The zero-order valence-corrected chi connectivity index (χ0v) is 11.0. The first-order valence-electron chi connectivity index (χ1n) is 5.96. The Labute approximate surface area is 110 Å². The smallest absolute Gasteiger partial charge is 0.387 e. The third kappa shape index (κ3) is 4.34. The summed E-state index contributed by atoms with van der Waals surface area (Å²) in [5.41, 5.74) is 0.655. The largest absolute Gasteiger partial charge is 0.435 e. The Hall–Kier alpha value is -1.37. The zero-order chi connectivity index (χ0) is 13.9. The molecule has 1 N–H and O–H groups in total. The van der Waals surface area contributed by atoms with E-state index in [1.807, 2.05) is 0 Å². The third-order valence-corrected chi connectivity index (χ3v) is 4.70. The molecule has 0 aliphatic carbocycles. The van der Waals surface area contributed by atoms with Gasteiger partial charge in [-0.2, -0.15) is 8.78 Å². The van der Waals surface area contributed by atoms with Crippen molar-refractivity contribution < 1.29 is 21.9 Å². The molecule has 1 aliphatic heterocycles. The number of halogens is 2. The van der Waals surface area contributed by atoms with Crippen molar-refractivity contribution >= 4 is 15.5 Å². The van der Waals surface area contributed by atoms with Crippen LogP contribution in [0.3, 0.4) is 0 Å². The predicted octanol–water partition coefficient (Wildman–Crippen LogP) is 2.28. The van der Waals surface area contributed by atoms with E-state index in [0.717, 1.165) is 0 Å². The predicted molar refractivity (Wildman–Crippen MR) is 68.4 cm³/mol. The van der Waals surface area contributed by atoms with Gasteiger partial charge in [-0.3, -0.25) is 0 Å². The van der Waals surface area contributed by atoms with E-state index in [1.165, 1.54) is 12.1 Å². The average molecular weight is 291 g/mol. The number of benzene rings is 1. The number of hydrogen-bond acceptors (Lipinski definition) is 4. The highest BCUT2D eigenvalue weighted by atomic mass is 32.2. The normalized spacial score (nSPS) is 19.3. The minimum absolute atomic E-state index is 0.0466. The van der Waals surface area contributed by atoms with E-state index in [0.29, 0.717) is 18.5 Å². The van der Waals surface area contributed by atoms with Gasteiger partial charge in [0.25, 0.3) is 0 Å². The van der Waals surface area contributed by atoms with Crippen molar-refractivity contribution in [2.75, 3.05) is 16.8 Å². The quantitative estimate of drug-likeness (QED) is 0.924. The summed E-state index contributed by atoms with van der Waals surface area (Å²) in [6, 6.07) is 6.32. The van der Waals surface area contributed by atoms with Crippen LogP contribution in [0.15, 0.2) is 24.3 Å². The van der Waals surface area contributed by atoms with Crippen molar-refractivity contribution in [1.29, 1.82) is 0 Å². The molecule has 106 valence electrons. The summed E-state index contributed by atoms with van der Waals surface area (Å²) in [5, 5.41) is 3.14. The van der Waals surface area contributed by atoms with Crippen molar-refractivity contribution in [2.24, 2.45) is 0 Å². The summed E-state index contributed by atoms with van der Waals surface area (Å²) < 4.78 is 51.1. The van der Waals surface area contributed by atoms with E-state index < -0.39 is 16.4 Å². The van der Waals surface area contributed by atoms with Crippen LogP contribution in [0.5, 0.6) is 5.75 Å². The second-order valence-electron chi connectivity index (χ2n) is 4.48. The minimum Gasteiger partial charge on any atom is -0.435 e. The summed E-state index contributed by atoms with van der Waals surface area (Å²) in [5.74, 6) is 0.416. The van der Waals surface area contributed by atoms with E-state index in [1.54, 1.807) is 12.1 Å². The molecule has 1 aromatic rings. The molecule has 1 aliphatic rings. The van der Waals surface area contributed by atoms with Crippen LogP contribution >= 0.6 is 0 Å². The van der Waals surface area contributed by atoms with Crippen molar-refractivity contribution in [3.8, 4) is 5.75 Å². The van der Waals surface area contributed by atoms with Crippen LogP contribution in [-0.4, -0.2) is 32.6 Å². The van der Waals surface area contributed by atoms with E-state index in [9.17, 15) is 17.2 Å². The Morgan fingerprint density at radius 2 is 1.95 bits per heavy atom. The van der Waals surface area contributed by atoms with Crippen molar-refractivity contribution in [3.05, 3.63) is 24.3 Å². The highest BCUT2D eigenvalue weighted by Crippen LogP contribution is 2.22. The molecule has 1 fully saturated rings. The average Bonchev–Trinajstić information content (AvgIpc) is 2.32. The molecule has 0 saturated carbocycles. The summed E-state index contributed by atoms with van der Waals surface area (Å²) in [7, 11) is -2.90. The van der Waals surface area contributed by atoms with Crippen LogP contribution in [0.4, 0.5) is 14.5 Å². The maximum absolute atomic E-state index is 12.1. The number of rotatable bonds is 4. The molecule has 0 amide bonds. The molecular formula is C12H15F2NO3S. The molecule has 0 atom stereocenters. The number of nitrogens with one attached hydrogen (secondary N) is 1. The van der Waals surface area contributed by atoms with Crippen LogP contribution < -0.4 is 10.1 Å². The van der Waals surface area contributed by atoms with Gasteiger partial charge in [0.2, 0.25) is 0 Å². The van der Waals surface area contributed by atoms with Gasteiger partial charge in [-0.1, -0.05) is 6.07 Å². The molecule has 4 nitrogen and oxygen atoms in total. The van der Waals surface area contributed by atoms with E-state index in [-0.39, 0.29) is 23.3 Å². The van der Waals surface area contributed by atoms with Crippen molar-refractivity contribution in [1.82, 2.24) is 0 Å². The van der Waals surface area contributed by atoms with E-state index >= 15 is 0 Å². The van der Waals surface area contributed by atoms with Crippen LogP contribution in [0.2, 0.25) is 0 Å². The molecule has 1 aromatic carbocycles. The maximum atomic E-state index is 12.1. The Morgan fingerprint density at radius 3 is 2.58 bits per heavy atom. The molecule has 2 rings (SSSR count).